The summed E-state index contributed by atoms with van der Waals surface area (Å²) in [4.78, 5) is 3.18. The van der Waals surface area contributed by atoms with Gasteiger partial charge in [-0.2, -0.15) is 8.78 Å². The van der Waals surface area contributed by atoms with Gasteiger partial charge in [0.05, 0.1) is 11.7 Å². The summed E-state index contributed by atoms with van der Waals surface area (Å²) in [7, 11) is 0. The first-order valence-corrected chi connectivity index (χ1v) is 6.05. The van der Waals surface area contributed by atoms with Crippen molar-refractivity contribution in [2.45, 2.75) is 31.3 Å². The fourth-order valence-corrected chi connectivity index (χ4v) is 2.00. The lowest BCUT2D eigenvalue weighted by Crippen LogP contribution is -2.25. The maximum Gasteiger partial charge on any atom is 0.312 e. The highest BCUT2D eigenvalue weighted by Gasteiger charge is 2.37. The number of aliphatic hydroxyl groups excluding tert-OH is 2. The first-order valence-electron chi connectivity index (χ1n) is 6.05. The molecule has 2 N–H and O–H groups in total. The number of aliphatic imine (C=N–C) groups is 1. The molecule has 0 radical (unpaired) electrons. The van der Waals surface area contributed by atoms with Gasteiger partial charge < -0.3 is 14.9 Å². The Morgan fingerprint density at radius 2 is 1.43 bits per heavy atom. The fourth-order valence-electron chi connectivity index (χ4n) is 2.00. The molecular weight excluding hydrogens is 339 g/mol. The minimum atomic E-state index is -3.18. The number of aliphatic hydroxyl groups is 2. The van der Waals surface area contributed by atoms with Crippen molar-refractivity contribution in [1.82, 2.24) is 0 Å². The predicted octanol–water partition coefficient (Wildman–Crippen LogP) is 2.19. The van der Waals surface area contributed by atoms with Crippen LogP contribution in [0, 0.1) is 29.1 Å². The van der Waals surface area contributed by atoms with E-state index in [2.05, 4.69) is 9.73 Å². The lowest BCUT2D eigenvalue weighted by atomic mass is 10.00. The van der Waals surface area contributed by atoms with E-state index in [0.29, 0.717) is 0 Å². The van der Waals surface area contributed by atoms with Gasteiger partial charge in [0.1, 0.15) is 6.04 Å². The van der Waals surface area contributed by atoms with Crippen LogP contribution in [-0.2, 0) is 4.74 Å². The van der Waals surface area contributed by atoms with Crippen molar-refractivity contribution < 1.29 is 45.7 Å². The zero-order valence-corrected chi connectivity index (χ0v) is 10.9. The first kappa shape index (κ1) is 17.5. The number of benzene rings is 1. The van der Waals surface area contributed by atoms with Crippen LogP contribution in [0.25, 0.3) is 0 Å². The number of rotatable bonds is 4. The number of ether oxygens (including phenoxy) is 1. The van der Waals surface area contributed by atoms with E-state index in [0.717, 1.165) is 0 Å². The summed E-state index contributed by atoms with van der Waals surface area (Å²) in [6.07, 6.45) is -8.34. The minimum absolute atomic E-state index is 0.907. The fraction of sp³-hybridized carbons (Fsp3) is 0.417. The predicted molar refractivity (Wildman–Crippen MR) is 60.1 cm³/mol. The summed E-state index contributed by atoms with van der Waals surface area (Å²) in [6.45, 7) is 0. The molecule has 1 aromatic rings. The Morgan fingerprint density at radius 3 is 1.87 bits per heavy atom. The number of halogens is 7. The second-order valence-corrected chi connectivity index (χ2v) is 4.58. The minimum Gasteiger partial charge on any atom is -0.445 e. The van der Waals surface area contributed by atoms with E-state index >= 15 is 0 Å². The third kappa shape index (κ3) is 3.11. The molecule has 0 saturated heterocycles. The summed E-state index contributed by atoms with van der Waals surface area (Å²) < 4.78 is 94.9. The molecule has 128 valence electrons. The number of alkyl halides is 2. The number of hydrogen-bond donors (Lipinski definition) is 2. The molecule has 11 heteroatoms. The number of nitrogens with zero attached hydrogens (tertiary/aromatic N) is 1. The van der Waals surface area contributed by atoms with Crippen LogP contribution in [0.4, 0.5) is 30.7 Å². The van der Waals surface area contributed by atoms with Crippen LogP contribution in [-0.4, -0.2) is 34.9 Å². The Kier molecular flexibility index (Phi) is 4.80. The van der Waals surface area contributed by atoms with E-state index in [9.17, 15) is 40.9 Å². The molecule has 2 rings (SSSR count). The van der Waals surface area contributed by atoms with Gasteiger partial charge in [-0.3, -0.25) is 0 Å². The molecule has 0 aliphatic carbocycles. The third-order valence-corrected chi connectivity index (χ3v) is 3.09. The molecule has 1 heterocycles. The Morgan fingerprint density at radius 1 is 0.957 bits per heavy atom. The molecule has 23 heavy (non-hydrogen) atoms. The monoisotopic (exact) mass is 347 g/mol. The SMILES string of the molecule is OC(CC1N=C(C(F)F)OC1O)c1c(F)c(F)c(F)c(F)c1F. The molecule has 0 bridgehead atoms. The highest BCUT2D eigenvalue weighted by Crippen LogP contribution is 2.32. The maximum atomic E-state index is 13.5. The standard InChI is InChI=1S/C12H8F7NO3/c13-5-4(6(14)8(16)9(17)7(5)15)3(21)1-2-12(22)23-11(20-2)10(18)19/h2-3,10,12,21-22H,1H2. The average molecular weight is 347 g/mol. The van der Waals surface area contributed by atoms with Crippen LogP contribution in [0.1, 0.15) is 18.1 Å². The van der Waals surface area contributed by atoms with Gasteiger partial charge in [-0.1, -0.05) is 0 Å². The Bertz CT molecular complexity index is 623. The van der Waals surface area contributed by atoms with Crippen molar-refractivity contribution >= 4 is 5.90 Å². The van der Waals surface area contributed by atoms with Crippen molar-refractivity contribution in [3.63, 3.8) is 0 Å². The van der Waals surface area contributed by atoms with Gasteiger partial charge in [-0.15, -0.1) is 0 Å². The van der Waals surface area contributed by atoms with Gasteiger partial charge in [-0.25, -0.2) is 26.9 Å². The lowest BCUT2D eigenvalue weighted by Gasteiger charge is -2.18. The number of hydrogen-bond acceptors (Lipinski definition) is 4. The average Bonchev–Trinajstić information content (AvgIpc) is 2.85. The zero-order chi connectivity index (χ0) is 17.5. The van der Waals surface area contributed by atoms with E-state index in [1.807, 2.05) is 0 Å². The molecule has 1 aliphatic rings. The van der Waals surface area contributed by atoms with E-state index in [1.54, 1.807) is 0 Å². The van der Waals surface area contributed by atoms with E-state index < -0.39 is 71.8 Å². The van der Waals surface area contributed by atoms with Gasteiger partial charge >= 0.3 is 6.43 Å². The molecule has 0 spiro atoms. The molecule has 3 atom stereocenters. The third-order valence-electron chi connectivity index (χ3n) is 3.09. The summed E-state index contributed by atoms with van der Waals surface area (Å²) in [5, 5.41) is 19.0. The molecule has 0 aromatic heterocycles. The van der Waals surface area contributed by atoms with E-state index in [4.69, 9.17) is 0 Å². The van der Waals surface area contributed by atoms with Crippen LogP contribution in [0.3, 0.4) is 0 Å². The van der Waals surface area contributed by atoms with Crippen molar-refractivity contribution in [3.05, 3.63) is 34.6 Å². The Hall–Kier alpha value is -1.88. The first-order chi connectivity index (χ1) is 10.6. The molecule has 4 nitrogen and oxygen atoms in total. The quantitative estimate of drug-likeness (QED) is 0.499. The van der Waals surface area contributed by atoms with Crippen LogP contribution in [0.15, 0.2) is 4.99 Å². The van der Waals surface area contributed by atoms with Gasteiger partial charge in [0.15, 0.2) is 23.3 Å². The molecule has 3 unspecified atom stereocenters. The molecule has 0 amide bonds. The van der Waals surface area contributed by atoms with Gasteiger partial charge in [0.2, 0.25) is 12.1 Å². The molecule has 0 saturated carbocycles. The molecular formula is C12H8F7NO3. The highest BCUT2D eigenvalue weighted by molar-refractivity contribution is 5.80. The lowest BCUT2D eigenvalue weighted by molar-refractivity contribution is -0.0445. The van der Waals surface area contributed by atoms with Crippen molar-refractivity contribution in [1.29, 1.82) is 0 Å². The molecule has 0 fully saturated rings. The van der Waals surface area contributed by atoms with Crippen LogP contribution in [0.2, 0.25) is 0 Å². The van der Waals surface area contributed by atoms with E-state index in [-0.39, 0.29) is 0 Å². The van der Waals surface area contributed by atoms with Gasteiger partial charge in [0, 0.05) is 6.42 Å². The van der Waals surface area contributed by atoms with Crippen LogP contribution >= 0.6 is 0 Å². The summed E-state index contributed by atoms with van der Waals surface area (Å²) in [5.41, 5.74) is -1.55. The van der Waals surface area contributed by atoms with Crippen LogP contribution < -0.4 is 0 Å². The Balaban J connectivity index is 2.31. The normalized spacial score (nSPS) is 22.3. The molecule has 1 aromatic carbocycles. The van der Waals surface area contributed by atoms with Gasteiger partial charge in [-0.05, 0) is 0 Å². The second-order valence-electron chi connectivity index (χ2n) is 4.58. The maximum absolute atomic E-state index is 13.5. The van der Waals surface area contributed by atoms with Crippen molar-refractivity contribution in [2.24, 2.45) is 4.99 Å². The van der Waals surface area contributed by atoms with Crippen molar-refractivity contribution in [3.8, 4) is 0 Å². The van der Waals surface area contributed by atoms with Crippen LogP contribution in [0.5, 0.6) is 0 Å². The topological polar surface area (TPSA) is 62.1 Å². The summed E-state index contributed by atoms with van der Waals surface area (Å²) >= 11 is 0. The molecule has 1 aliphatic heterocycles. The van der Waals surface area contributed by atoms with E-state index in [1.165, 1.54) is 0 Å². The summed E-state index contributed by atoms with van der Waals surface area (Å²) in [5.74, 6) is -12.6. The highest BCUT2D eigenvalue weighted by atomic mass is 19.3. The smallest absolute Gasteiger partial charge is 0.312 e. The summed E-state index contributed by atoms with van der Waals surface area (Å²) in [6, 6.07) is -1.57. The Labute approximate surface area is 123 Å². The zero-order valence-electron chi connectivity index (χ0n) is 10.9. The van der Waals surface area contributed by atoms with Crippen molar-refractivity contribution in [2.75, 3.05) is 0 Å². The largest absolute Gasteiger partial charge is 0.445 e. The van der Waals surface area contributed by atoms with Gasteiger partial charge in [0.25, 0.3) is 5.90 Å². The second kappa shape index (κ2) is 6.32.